The molecule has 0 aliphatic carbocycles. The lowest BCUT2D eigenvalue weighted by atomic mass is 9.95. The zero-order chi connectivity index (χ0) is 27.6. The van der Waals surface area contributed by atoms with Gasteiger partial charge in [0.2, 0.25) is 0 Å². The number of alkyl halides is 6. The van der Waals surface area contributed by atoms with Crippen molar-refractivity contribution < 1.29 is 35.4 Å². The molecule has 0 bridgehead atoms. The van der Waals surface area contributed by atoms with Gasteiger partial charge in [0.15, 0.2) is 0 Å². The van der Waals surface area contributed by atoms with Crippen LogP contribution in [0.15, 0.2) is 48.5 Å². The van der Waals surface area contributed by atoms with Gasteiger partial charge in [-0.05, 0) is 62.1 Å². The van der Waals surface area contributed by atoms with Gasteiger partial charge in [-0.25, -0.2) is 4.67 Å². The average Bonchev–Trinajstić information content (AvgIpc) is 2.83. The number of unbranched alkanes of at least 4 members (excludes halogenated alkanes) is 3. The van der Waals surface area contributed by atoms with Crippen LogP contribution in [0.4, 0.5) is 26.3 Å². The molecule has 2 aromatic rings. The Labute approximate surface area is 217 Å². The molecular formula is C27H36F6NO2P. The van der Waals surface area contributed by atoms with Crippen LogP contribution >= 0.6 is 8.53 Å². The van der Waals surface area contributed by atoms with E-state index in [1.54, 1.807) is 4.67 Å². The fourth-order valence-electron chi connectivity index (χ4n) is 3.80. The molecule has 3 nitrogen and oxygen atoms in total. The molecule has 208 valence electrons. The first-order chi connectivity index (χ1) is 17.4. The Kier molecular flexibility index (Phi) is 12.3. The maximum Gasteiger partial charge on any atom is 0.416 e. The third-order valence-corrected chi connectivity index (χ3v) is 7.57. The summed E-state index contributed by atoms with van der Waals surface area (Å²) in [5.74, 6) is 0. The topological polar surface area (TPSA) is 21.7 Å². The van der Waals surface area contributed by atoms with E-state index in [9.17, 15) is 26.3 Å². The molecule has 1 unspecified atom stereocenters. The van der Waals surface area contributed by atoms with Gasteiger partial charge in [0.1, 0.15) is 0 Å². The monoisotopic (exact) mass is 551 g/mol. The summed E-state index contributed by atoms with van der Waals surface area (Å²) in [6.07, 6.45) is -4.90. The molecule has 37 heavy (non-hydrogen) atoms. The lowest BCUT2D eigenvalue weighted by molar-refractivity contribution is -0.138. The second-order valence-corrected chi connectivity index (χ2v) is 10.5. The van der Waals surface area contributed by atoms with E-state index in [4.69, 9.17) is 9.05 Å². The first-order valence-electron chi connectivity index (χ1n) is 12.6. The molecule has 0 fully saturated rings. The van der Waals surface area contributed by atoms with Crippen molar-refractivity contribution in [2.45, 2.75) is 84.2 Å². The van der Waals surface area contributed by atoms with E-state index in [1.165, 1.54) is 24.3 Å². The third-order valence-electron chi connectivity index (χ3n) is 5.69. The molecule has 0 spiro atoms. The number of hydrogen-bond donors (Lipinski definition) is 0. The quantitative estimate of drug-likeness (QED) is 0.133. The zero-order valence-corrected chi connectivity index (χ0v) is 22.6. The van der Waals surface area contributed by atoms with Gasteiger partial charge < -0.3 is 9.05 Å². The van der Waals surface area contributed by atoms with Gasteiger partial charge in [0.25, 0.3) is 8.53 Å². The minimum absolute atomic E-state index is 0.214. The molecule has 0 saturated carbocycles. The van der Waals surface area contributed by atoms with Crippen LogP contribution in [0.25, 0.3) is 0 Å². The Morgan fingerprint density at radius 2 is 1.19 bits per heavy atom. The van der Waals surface area contributed by atoms with E-state index in [1.807, 2.05) is 20.8 Å². The Morgan fingerprint density at radius 1 is 0.730 bits per heavy atom. The molecule has 0 aliphatic heterocycles. The summed E-state index contributed by atoms with van der Waals surface area (Å²) < 4.78 is 95.7. The highest BCUT2D eigenvalue weighted by atomic mass is 31.2. The summed E-state index contributed by atoms with van der Waals surface area (Å²) in [4.78, 5) is 0. The van der Waals surface area contributed by atoms with Crippen LogP contribution in [0.5, 0.6) is 0 Å². The summed E-state index contributed by atoms with van der Waals surface area (Å²) >= 11 is 0. The number of halogens is 6. The van der Waals surface area contributed by atoms with Crippen molar-refractivity contribution in [2.24, 2.45) is 0 Å². The smallest absolute Gasteiger partial charge is 0.322 e. The van der Waals surface area contributed by atoms with E-state index >= 15 is 0 Å². The van der Waals surface area contributed by atoms with Crippen molar-refractivity contribution in [3.8, 4) is 0 Å². The average molecular weight is 552 g/mol. The molecule has 0 heterocycles. The van der Waals surface area contributed by atoms with E-state index < -0.39 is 38.0 Å². The van der Waals surface area contributed by atoms with Gasteiger partial charge in [-0.1, -0.05) is 57.4 Å². The van der Waals surface area contributed by atoms with Crippen molar-refractivity contribution in [2.75, 3.05) is 13.2 Å². The van der Waals surface area contributed by atoms with Crippen LogP contribution < -0.4 is 0 Å². The lowest BCUT2D eigenvalue weighted by Gasteiger charge is -2.39. The van der Waals surface area contributed by atoms with Gasteiger partial charge >= 0.3 is 12.4 Å². The SMILES string of the molecule is CCCCCOP(OCCCC)N(C(C)C)C(c1cccc(C(F)(F)F)c1)c1cccc(C(F)(F)F)c1. The van der Waals surface area contributed by atoms with Crippen LogP contribution in [0.3, 0.4) is 0 Å². The molecule has 0 radical (unpaired) electrons. The zero-order valence-electron chi connectivity index (χ0n) is 21.7. The van der Waals surface area contributed by atoms with Crippen LogP contribution in [-0.4, -0.2) is 23.9 Å². The van der Waals surface area contributed by atoms with Gasteiger partial charge in [-0.2, -0.15) is 26.3 Å². The lowest BCUT2D eigenvalue weighted by Crippen LogP contribution is -2.33. The first kappa shape index (κ1) is 31.5. The van der Waals surface area contributed by atoms with E-state index in [2.05, 4.69) is 6.92 Å². The van der Waals surface area contributed by atoms with E-state index in [0.29, 0.717) is 13.2 Å². The molecule has 0 N–H and O–H groups in total. The van der Waals surface area contributed by atoms with Crippen molar-refractivity contribution in [3.05, 3.63) is 70.8 Å². The fourth-order valence-corrected chi connectivity index (χ4v) is 5.55. The maximum atomic E-state index is 13.6. The molecule has 2 rings (SSSR count). The highest BCUT2D eigenvalue weighted by Gasteiger charge is 2.38. The Hall–Kier alpha value is -1.67. The molecule has 1 atom stereocenters. The number of nitrogens with zero attached hydrogens (tertiary/aromatic N) is 1. The molecule has 0 aliphatic rings. The largest absolute Gasteiger partial charge is 0.416 e. The summed E-state index contributed by atoms with van der Waals surface area (Å²) in [5.41, 5.74) is -1.31. The van der Waals surface area contributed by atoms with Gasteiger partial charge in [-0.15, -0.1) is 0 Å². The first-order valence-corrected chi connectivity index (χ1v) is 13.7. The molecule has 0 aromatic heterocycles. The standard InChI is InChI=1S/C27H36F6NO2P/c1-5-7-9-17-36-37(35-16-8-6-2)34(20(3)4)25(21-12-10-14-23(18-21)26(28,29)30)22-13-11-15-24(19-22)27(31,32)33/h10-15,18-20,25H,5-9,16-17H2,1-4H3. The van der Waals surface area contributed by atoms with Crippen LogP contribution in [0.2, 0.25) is 0 Å². The Balaban J connectivity index is 2.66. The Morgan fingerprint density at radius 3 is 1.59 bits per heavy atom. The van der Waals surface area contributed by atoms with Crippen molar-refractivity contribution >= 4 is 8.53 Å². The second kappa shape index (κ2) is 14.5. The second-order valence-electron chi connectivity index (χ2n) is 9.09. The van der Waals surface area contributed by atoms with E-state index in [-0.39, 0.29) is 17.2 Å². The summed E-state index contributed by atoms with van der Waals surface area (Å²) in [7, 11) is -1.78. The number of rotatable bonds is 14. The third kappa shape index (κ3) is 9.54. The molecule has 0 amide bonds. The van der Waals surface area contributed by atoms with Crippen molar-refractivity contribution in [1.82, 2.24) is 4.67 Å². The molecule has 10 heteroatoms. The Bertz CT molecular complexity index is 893. The number of benzene rings is 2. The van der Waals surface area contributed by atoms with Gasteiger partial charge in [0.05, 0.1) is 30.4 Å². The summed E-state index contributed by atoms with van der Waals surface area (Å²) in [6.45, 7) is 8.48. The van der Waals surface area contributed by atoms with Crippen molar-refractivity contribution in [3.63, 3.8) is 0 Å². The highest BCUT2D eigenvalue weighted by molar-refractivity contribution is 7.44. The number of hydrogen-bond acceptors (Lipinski definition) is 3. The maximum absolute atomic E-state index is 13.6. The summed E-state index contributed by atoms with van der Waals surface area (Å²) in [6, 6.07) is 8.20. The van der Waals surface area contributed by atoms with Gasteiger partial charge in [-0.3, -0.25) is 0 Å². The normalized spacial score (nSPS) is 13.6. The minimum atomic E-state index is -4.60. The van der Waals surface area contributed by atoms with Crippen molar-refractivity contribution in [1.29, 1.82) is 0 Å². The molecule has 0 saturated heterocycles. The van der Waals surface area contributed by atoms with Gasteiger partial charge in [0, 0.05) is 6.04 Å². The van der Waals surface area contributed by atoms with Crippen LogP contribution in [0.1, 0.15) is 88.1 Å². The fraction of sp³-hybridized carbons (Fsp3) is 0.556. The predicted octanol–water partition coefficient (Wildman–Crippen LogP) is 9.77. The minimum Gasteiger partial charge on any atom is -0.322 e. The predicted molar refractivity (Wildman–Crippen MR) is 135 cm³/mol. The van der Waals surface area contributed by atoms with E-state index in [0.717, 1.165) is 56.4 Å². The molecule has 2 aromatic carbocycles. The highest BCUT2D eigenvalue weighted by Crippen LogP contribution is 2.52. The molecular weight excluding hydrogens is 515 g/mol. The summed E-state index contributed by atoms with van der Waals surface area (Å²) in [5, 5.41) is 0. The van der Waals surface area contributed by atoms with Crippen LogP contribution in [0, 0.1) is 0 Å². The van der Waals surface area contributed by atoms with Crippen LogP contribution in [-0.2, 0) is 21.4 Å².